The van der Waals surface area contributed by atoms with E-state index in [-0.39, 0.29) is 0 Å². The normalized spacial score (nSPS) is 11.3. The monoisotopic (exact) mass is 174 g/mol. The number of benzene rings is 1. The van der Waals surface area contributed by atoms with Crippen LogP contribution in [0.15, 0.2) is 42.0 Å². The highest BCUT2D eigenvalue weighted by Gasteiger charge is 1.92. The summed E-state index contributed by atoms with van der Waals surface area (Å²) in [7, 11) is 0. The largest absolute Gasteiger partial charge is 0.299 e. The maximum absolute atomic E-state index is 10.2. The van der Waals surface area contributed by atoms with E-state index in [1.807, 2.05) is 25.1 Å². The highest BCUT2D eigenvalue weighted by atomic mass is 16.1. The Morgan fingerprint density at radius 1 is 1.31 bits per heavy atom. The van der Waals surface area contributed by atoms with Gasteiger partial charge >= 0.3 is 0 Å². The predicted octanol–water partition coefficient (Wildman–Crippen LogP) is 2.76. The van der Waals surface area contributed by atoms with E-state index < -0.39 is 0 Å². The maximum Gasteiger partial charge on any atom is 0.142 e. The van der Waals surface area contributed by atoms with Gasteiger partial charge in [0, 0.05) is 0 Å². The van der Waals surface area contributed by atoms with Crippen LogP contribution < -0.4 is 0 Å². The van der Waals surface area contributed by atoms with Gasteiger partial charge < -0.3 is 0 Å². The van der Waals surface area contributed by atoms with Gasteiger partial charge in [0.25, 0.3) is 0 Å². The van der Waals surface area contributed by atoms with Crippen LogP contribution in [0.2, 0.25) is 0 Å². The van der Waals surface area contributed by atoms with E-state index in [1.54, 1.807) is 6.08 Å². The third kappa shape index (κ3) is 3.70. The van der Waals surface area contributed by atoms with Gasteiger partial charge in [-0.3, -0.25) is 4.79 Å². The first-order chi connectivity index (χ1) is 6.33. The van der Waals surface area contributed by atoms with Crippen LogP contribution >= 0.6 is 0 Å². The molecule has 0 bridgehead atoms. The molecule has 0 radical (unpaired) electrons. The Kier molecular flexibility index (Phi) is 3.97. The first kappa shape index (κ1) is 9.72. The fourth-order valence-electron chi connectivity index (χ4n) is 1.19. The van der Waals surface area contributed by atoms with Crippen molar-refractivity contribution in [2.45, 2.75) is 19.8 Å². The molecule has 0 saturated heterocycles. The molecule has 0 spiro atoms. The van der Waals surface area contributed by atoms with E-state index in [0.29, 0.717) is 0 Å². The molecule has 13 heavy (non-hydrogen) atoms. The second kappa shape index (κ2) is 5.31. The molecule has 0 N–H and O–H groups in total. The van der Waals surface area contributed by atoms with Gasteiger partial charge in [-0.15, -0.1) is 0 Å². The maximum atomic E-state index is 10.2. The minimum atomic E-state index is 0.848. The minimum absolute atomic E-state index is 0.848. The third-order valence-electron chi connectivity index (χ3n) is 2.00. The van der Waals surface area contributed by atoms with Crippen LogP contribution in [0.25, 0.3) is 0 Å². The van der Waals surface area contributed by atoms with Gasteiger partial charge in [0.05, 0.1) is 0 Å². The highest BCUT2D eigenvalue weighted by molar-refractivity contribution is 5.65. The Labute approximate surface area is 79.1 Å². The summed E-state index contributed by atoms with van der Waals surface area (Å²) in [4.78, 5) is 10.2. The lowest BCUT2D eigenvalue weighted by Crippen LogP contribution is -1.86. The van der Waals surface area contributed by atoms with Gasteiger partial charge in [-0.05, 0) is 31.4 Å². The Morgan fingerprint density at radius 3 is 2.62 bits per heavy atom. The number of aryl methyl sites for hydroxylation is 1. The van der Waals surface area contributed by atoms with E-state index in [9.17, 15) is 4.79 Å². The smallest absolute Gasteiger partial charge is 0.142 e. The van der Waals surface area contributed by atoms with Gasteiger partial charge in [0.15, 0.2) is 0 Å². The molecule has 0 unspecified atom stereocenters. The molecule has 0 aliphatic heterocycles. The van der Waals surface area contributed by atoms with E-state index in [2.05, 4.69) is 12.1 Å². The number of allylic oxidation sites excluding steroid dienone is 2. The first-order valence-electron chi connectivity index (χ1n) is 4.48. The van der Waals surface area contributed by atoms with E-state index in [4.69, 9.17) is 0 Å². The molecule has 0 heterocycles. The second-order valence-corrected chi connectivity index (χ2v) is 3.13. The number of hydrogen-bond acceptors (Lipinski definition) is 1. The van der Waals surface area contributed by atoms with Gasteiger partial charge in [-0.25, -0.2) is 0 Å². The molecule has 1 rings (SSSR count). The average molecular weight is 174 g/mol. The Balaban J connectivity index is 2.44. The summed E-state index contributed by atoms with van der Waals surface area (Å²) in [5.74, 6) is 0. The molecule has 0 aliphatic rings. The lowest BCUT2D eigenvalue weighted by atomic mass is 10.1. The van der Waals surface area contributed by atoms with Crippen molar-refractivity contribution in [2.75, 3.05) is 0 Å². The minimum Gasteiger partial charge on any atom is -0.299 e. The highest BCUT2D eigenvalue weighted by Crippen LogP contribution is 2.07. The van der Waals surface area contributed by atoms with Crippen molar-refractivity contribution in [1.29, 1.82) is 0 Å². The Bertz CT molecular complexity index is 285. The molecule has 1 aromatic carbocycles. The van der Waals surface area contributed by atoms with Gasteiger partial charge in [-0.2, -0.15) is 0 Å². The zero-order valence-corrected chi connectivity index (χ0v) is 7.86. The zero-order chi connectivity index (χ0) is 9.52. The van der Waals surface area contributed by atoms with Crippen LogP contribution in [0, 0.1) is 0 Å². The molecule has 1 aromatic rings. The standard InChI is InChI=1S/C12H14O/c1-11(9-10-13)7-8-12-5-3-2-4-6-12/h2-6,9-10H,7-8H2,1H3/b11-9+. The second-order valence-electron chi connectivity index (χ2n) is 3.13. The number of carbonyl (C=O) groups is 1. The molecular weight excluding hydrogens is 160 g/mol. The number of hydrogen-bond donors (Lipinski definition) is 0. The lowest BCUT2D eigenvalue weighted by molar-refractivity contribution is -0.104. The third-order valence-corrected chi connectivity index (χ3v) is 2.00. The summed E-state index contributed by atoms with van der Waals surface area (Å²) < 4.78 is 0. The van der Waals surface area contributed by atoms with E-state index >= 15 is 0 Å². The van der Waals surface area contributed by atoms with Crippen LogP contribution in [0.3, 0.4) is 0 Å². The molecule has 0 amide bonds. The number of rotatable bonds is 4. The molecular formula is C12H14O. The molecule has 1 heteroatoms. The van der Waals surface area contributed by atoms with Crippen molar-refractivity contribution in [1.82, 2.24) is 0 Å². The first-order valence-corrected chi connectivity index (χ1v) is 4.48. The van der Waals surface area contributed by atoms with Gasteiger partial charge in [-0.1, -0.05) is 35.9 Å². The molecule has 0 saturated carbocycles. The summed E-state index contributed by atoms with van der Waals surface area (Å²) >= 11 is 0. The van der Waals surface area contributed by atoms with Crippen molar-refractivity contribution < 1.29 is 4.79 Å². The number of carbonyl (C=O) groups excluding carboxylic acids is 1. The molecule has 0 fully saturated rings. The summed E-state index contributed by atoms with van der Waals surface area (Å²) in [6.07, 6.45) is 4.45. The average Bonchev–Trinajstić information content (AvgIpc) is 2.17. The van der Waals surface area contributed by atoms with Crippen LogP contribution in [0.4, 0.5) is 0 Å². The van der Waals surface area contributed by atoms with Crippen LogP contribution in [-0.2, 0) is 11.2 Å². The fraction of sp³-hybridized carbons (Fsp3) is 0.250. The summed E-state index contributed by atoms with van der Waals surface area (Å²) in [6, 6.07) is 10.3. The van der Waals surface area contributed by atoms with Gasteiger partial charge in [0.1, 0.15) is 6.29 Å². The van der Waals surface area contributed by atoms with Crippen molar-refractivity contribution in [3.05, 3.63) is 47.5 Å². The predicted molar refractivity (Wildman–Crippen MR) is 54.6 cm³/mol. The molecule has 0 aliphatic carbocycles. The lowest BCUT2D eigenvalue weighted by Gasteiger charge is -2.00. The van der Waals surface area contributed by atoms with Crippen molar-refractivity contribution in [3.63, 3.8) is 0 Å². The zero-order valence-electron chi connectivity index (χ0n) is 7.86. The summed E-state index contributed by atoms with van der Waals surface area (Å²) in [6.45, 7) is 1.98. The van der Waals surface area contributed by atoms with Crippen molar-refractivity contribution >= 4 is 6.29 Å². The van der Waals surface area contributed by atoms with Crippen LogP contribution in [-0.4, -0.2) is 6.29 Å². The van der Waals surface area contributed by atoms with Crippen molar-refractivity contribution in [2.24, 2.45) is 0 Å². The molecule has 0 atom stereocenters. The van der Waals surface area contributed by atoms with Crippen LogP contribution in [0.5, 0.6) is 0 Å². The quantitative estimate of drug-likeness (QED) is 0.506. The Morgan fingerprint density at radius 2 is 2.00 bits per heavy atom. The van der Waals surface area contributed by atoms with E-state index in [0.717, 1.165) is 24.7 Å². The Hall–Kier alpha value is -1.37. The molecule has 68 valence electrons. The summed E-state index contributed by atoms with van der Waals surface area (Å²) in [5.41, 5.74) is 2.46. The van der Waals surface area contributed by atoms with Crippen LogP contribution in [0.1, 0.15) is 18.9 Å². The molecule has 1 nitrogen and oxygen atoms in total. The van der Waals surface area contributed by atoms with Crippen molar-refractivity contribution in [3.8, 4) is 0 Å². The SMILES string of the molecule is C/C(=C\C=O)CCc1ccccc1. The molecule has 0 aromatic heterocycles. The van der Waals surface area contributed by atoms with Gasteiger partial charge in [0.2, 0.25) is 0 Å². The fourth-order valence-corrected chi connectivity index (χ4v) is 1.19. The number of aldehydes is 1. The summed E-state index contributed by atoms with van der Waals surface area (Å²) in [5, 5.41) is 0. The topological polar surface area (TPSA) is 17.1 Å². The van der Waals surface area contributed by atoms with E-state index in [1.165, 1.54) is 5.56 Å².